The van der Waals surface area contributed by atoms with Crippen molar-refractivity contribution in [2.45, 2.75) is 12.0 Å². The lowest BCUT2D eigenvalue weighted by Gasteiger charge is -2.21. The van der Waals surface area contributed by atoms with E-state index in [4.69, 9.17) is 6.42 Å². The molecule has 1 aliphatic heterocycles. The summed E-state index contributed by atoms with van der Waals surface area (Å²) in [5, 5.41) is 21.9. The third-order valence-electron chi connectivity index (χ3n) is 4.28. The number of fused-ring (bicyclic) bond motifs is 1. The Morgan fingerprint density at radius 1 is 1.27 bits per heavy atom. The molecule has 1 atom stereocenters. The number of nitro benzene ring substituents is 1. The van der Waals surface area contributed by atoms with Gasteiger partial charge in [-0.3, -0.25) is 24.6 Å². The van der Waals surface area contributed by atoms with Crippen LogP contribution in [0.15, 0.2) is 48.5 Å². The third kappa shape index (κ3) is 2.72. The minimum atomic E-state index is -2.06. The van der Waals surface area contributed by atoms with Crippen LogP contribution in [0.2, 0.25) is 0 Å². The van der Waals surface area contributed by atoms with Crippen molar-refractivity contribution in [3.8, 4) is 12.3 Å². The predicted octanol–water partition coefficient (Wildman–Crippen LogP) is 2.04. The number of non-ortho nitro benzene ring substituents is 1. The van der Waals surface area contributed by atoms with Gasteiger partial charge in [-0.15, -0.1) is 6.42 Å². The molecule has 0 spiro atoms. The number of amides is 1. The molecule has 0 saturated heterocycles. The van der Waals surface area contributed by atoms with Crippen LogP contribution in [0.1, 0.15) is 22.3 Å². The maximum absolute atomic E-state index is 12.7. The average Bonchev–Trinajstić information content (AvgIpc) is 2.84. The van der Waals surface area contributed by atoms with Crippen LogP contribution in [-0.2, 0) is 10.4 Å². The molecule has 26 heavy (non-hydrogen) atoms. The Morgan fingerprint density at radius 3 is 2.69 bits per heavy atom. The lowest BCUT2D eigenvalue weighted by atomic mass is 9.88. The zero-order valence-corrected chi connectivity index (χ0v) is 13.6. The number of anilines is 1. The Kier molecular flexibility index (Phi) is 4.28. The first-order chi connectivity index (χ1) is 12.4. The Hall–Kier alpha value is -3.50. The minimum absolute atomic E-state index is 0.0385. The van der Waals surface area contributed by atoms with Crippen LogP contribution in [-0.4, -0.2) is 28.3 Å². The molecule has 1 heterocycles. The van der Waals surface area contributed by atoms with Crippen molar-refractivity contribution in [2.75, 3.05) is 11.4 Å². The van der Waals surface area contributed by atoms with Gasteiger partial charge >= 0.3 is 0 Å². The second-order valence-corrected chi connectivity index (χ2v) is 5.88. The van der Waals surface area contributed by atoms with Crippen LogP contribution in [0.4, 0.5) is 11.4 Å². The highest BCUT2D eigenvalue weighted by atomic mass is 16.6. The number of ketones is 1. The summed E-state index contributed by atoms with van der Waals surface area (Å²) in [5.41, 5.74) is -1.51. The molecule has 1 aliphatic rings. The maximum Gasteiger partial charge on any atom is 0.270 e. The second-order valence-electron chi connectivity index (χ2n) is 5.88. The molecular formula is C19H14N2O5. The van der Waals surface area contributed by atoms with Gasteiger partial charge in [0.05, 0.1) is 23.6 Å². The highest BCUT2D eigenvalue weighted by Gasteiger charge is 2.50. The molecule has 1 N–H and O–H groups in total. The molecule has 0 aliphatic carbocycles. The standard InChI is InChI=1S/C19H14N2O5/c1-2-10-20-16-9-4-3-8-15(16)19(24,18(20)23)12-17(22)13-6-5-7-14(11-13)21(25)26/h1,3-9,11,24H,10,12H2. The summed E-state index contributed by atoms with van der Waals surface area (Å²) in [5.74, 6) is 1.09. The topological polar surface area (TPSA) is 101 Å². The first-order valence-corrected chi connectivity index (χ1v) is 7.73. The number of benzene rings is 2. The maximum atomic E-state index is 12.7. The van der Waals surface area contributed by atoms with Gasteiger partial charge in [-0.25, -0.2) is 0 Å². The van der Waals surface area contributed by atoms with Gasteiger partial charge in [0.25, 0.3) is 11.6 Å². The lowest BCUT2D eigenvalue weighted by Crippen LogP contribution is -2.42. The molecule has 0 saturated carbocycles. The van der Waals surface area contributed by atoms with E-state index in [0.29, 0.717) is 11.3 Å². The van der Waals surface area contributed by atoms with Crippen molar-refractivity contribution in [3.05, 3.63) is 69.8 Å². The normalized spacial score (nSPS) is 18.3. The van der Waals surface area contributed by atoms with Crippen molar-refractivity contribution in [3.63, 3.8) is 0 Å². The van der Waals surface area contributed by atoms with Crippen LogP contribution < -0.4 is 4.90 Å². The number of nitrogens with zero attached hydrogens (tertiary/aromatic N) is 2. The van der Waals surface area contributed by atoms with E-state index in [1.165, 1.54) is 23.1 Å². The highest BCUT2D eigenvalue weighted by molar-refractivity contribution is 6.11. The highest BCUT2D eigenvalue weighted by Crippen LogP contribution is 2.42. The Balaban J connectivity index is 1.97. The molecular weight excluding hydrogens is 336 g/mol. The average molecular weight is 350 g/mol. The molecule has 130 valence electrons. The molecule has 2 aromatic rings. The van der Waals surface area contributed by atoms with Gasteiger partial charge in [-0.2, -0.15) is 0 Å². The number of terminal acetylenes is 1. The lowest BCUT2D eigenvalue weighted by molar-refractivity contribution is -0.384. The first kappa shape index (κ1) is 17.3. The van der Waals surface area contributed by atoms with Crippen LogP contribution in [0.3, 0.4) is 0 Å². The second kappa shape index (κ2) is 6.43. The number of hydrogen-bond acceptors (Lipinski definition) is 5. The summed E-state index contributed by atoms with van der Waals surface area (Å²) in [4.78, 5) is 36.9. The summed E-state index contributed by atoms with van der Waals surface area (Å²) in [6, 6.07) is 11.7. The molecule has 0 bridgehead atoms. The first-order valence-electron chi connectivity index (χ1n) is 7.73. The van der Waals surface area contributed by atoms with Crippen LogP contribution >= 0.6 is 0 Å². The minimum Gasteiger partial charge on any atom is -0.375 e. The van der Waals surface area contributed by atoms with E-state index in [2.05, 4.69) is 5.92 Å². The SMILES string of the molecule is C#CCN1C(=O)C(O)(CC(=O)c2cccc([N+](=O)[O-])c2)c2ccccc21. The zero-order valence-electron chi connectivity index (χ0n) is 13.6. The molecule has 3 rings (SSSR count). The summed E-state index contributed by atoms with van der Waals surface area (Å²) in [7, 11) is 0. The smallest absolute Gasteiger partial charge is 0.270 e. The molecule has 7 nitrogen and oxygen atoms in total. The Morgan fingerprint density at radius 2 is 2.00 bits per heavy atom. The zero-order chi connectivity index (χ0) is 18.9. The molecule has 0 radical (unpaired) electrons. The van der Waals surface area contributed by atoms with Gasteiger partial charge in [0.15, 0.2) is 11.4 Å². The number of para-hydroxylation sites is 1. The van der Waals surface area contributed by atoms with E-state index in [-0.39, 0.29) is 17.8 Å². The quantitative estimate of drug-likeness (QED) is 0.385. The van der Waals surface area contributed by atoms with Crippen LogP contribution in [0, 0.1) is 22.5 Å². The number of rotatable bonds is 5. The van der Waals surface area contributed by atoms with E-state index in [1.807, 2.05) is 0 Å². The van der Waals surface area contributed by atoms with Crippen molar-refractivity contribution in [1.82, 2.24) is 0 Å². The van der Waals surface area contributed by atoms with Gasteiger partial charge in [-0.05, 0) is 6.07 Å². The Labute approximate surface area is 149 Å². The van der Waals surface area contributed by atoms with E-state index < -0.39 is 28.6 Å². The number of nitro groups is 1. The van der Waals surface area contributed by atoms with Gasteiger partial charge in [0.2, 0.25) is 0 Å². The van der Waals surface area contributed by atoms with Crippen molar-refractivity contribution in [1.29, 1.82) is 0 Å². The van der Waals surface area contributed by atoms with E-state index in [1.54, 1.807) is 24.3 Å². The fourth-order valence-corrected chi connectivity index (χ4v) is 3.05. The van der Waals surface area contributed by atoms with Gasteiger partial charge in [0, 0.05) is 23.3 Å². The molecule has 1 unspecified atom stereocenters. The molecule has 2 aromatic carbocycles. The van der Waals surface area contributed by atoms with E-state index >= 15 is 0 Å². The van der Waals surface area contributed by atoms with Crippen molar-refractivity contribution < 1.29 is 19.6 Å². The largest absolute Gasteiger partial charge is 0.375 e. The fraction of sp³-hybridized carbons (Fsp3) is 0.158. The van der Waals surface area contributed by atoms with Gasteiger partial charge < -0.3 is 5.11 Å². The van der Waals surface area contributed by atoms with Crippen LogP contribution in [0.25, 0.3) is 0 Å². The van der Waals surface area contributed by atoms with Crippen molar-refractivity contribution >= 4 is 23.1 Å². The van der Waals surface area contributed by atoms with E-state index in [0.717, 1.165) is 6.07 Å². The van der Waals surface area contributed by atoms with Gasteiger partial charge in [0.1, 0.15) is 0 Å². The predicted molar refractivity (Wildman–Crippen MR) is 93.6 cm³/mol. The Bertz CT molecular complexity index is 962. The molecule has 7 heteroatoms. The number of carbonyl (C=O) groups is 2. The molecule has 1 amide bonds. The third-order valence-corrected chi connectivity index (χ3v) is 4.28. The summed E-state index contributed by atoms with van der Waals surface area (Å²) >= 11 is 0. The van der Waals surface area contributed by atoms with Crippen LogP contribution in [0.5, 0.6) is 0 Å². The summed E-state index contributed by atoms with van der Waals surface area (Å²) < 4.78 is 0. The summed E-state index contributed by atoms with van der Waals surface area (Å²) in [6.45, 7) is -0.0385. The van der Waals surface area contributed by atoms with Crippen molar-refractivity contribution in [2.24, 2.45) is 0 Å². The molecule has 0 aromatic heterocycles. The monoisotopic (exact) mass is 350 g/mol. The number of carbonyl (C=O) groups excluding carboxylic acids is 2. The number of aliphatic hydroxyl groups is 1. The summed E-state index contributed by atoms with van der Waals surface area (Å²) in [6.07, 6.45) is 4.76. The van der Waals surface area contributed by atoms with E-state index in [9.17, 15) is 24.8 Å². The van der Waals surface area contributed by atoms with Gasteiger partial charge in [-0.1, -0.05) is 36.3 Å². The number of hydrogen-bond donors (Lipinski definition) is 1. The molecule has 0 fully saturated rings. The number of Topliss-reactive ketones (excluding diaryl/α,β-unsaturated/α-hetero) is 1. The fourth-order valence-electron chi connectivity index (χ4n) is 3.05.